The number of hydrogen-bond acceptors (Lipinski definition) is 2. The van der Waals surface area contributed by atoms with E-state index in [4.69, 9.17) is 4.74 Å². The third kappa shape index (κ3) is 3.95. The Balaban J connectivity index is 2.54. The lowest BCUT2D eigenvalue weighted by atomic mass is 10.1. The molecule has 3 heteroatoms. The maximum absolute atomic E-state index is 9.55. The Bertz CT molecular complexity index is 221. The SMILES string of the molecule is C[Si](C)(C)C#CC1OCCCC1O. The van der Waals surface area contributed by atoms with Crippen molar-refractivity contribution in [3.05, 3.63) is 0 Å². The van der Waals surface area contributed by atoms with Crippen LogP contribution in [0.5, 0.6) is 0 Å². The Morgan fingerprint density at radius 1 is 1.38 bits per heavy atom. The molecule has 1 rings (SSSR count). The molecule has 2 atom stereocenters. The first-order chi connectivity index (χ1) is 5.99. The Morgan fingerprint density at radius 3 is 2.62 bits per heavy atom. The molecule has 0 bridgehead atoms. The van der Waals surface area contributed by atoms with E-state index in [1.54, 1.807) is 0 Å². The molecule has 0 amide bonds. The number of aliphatic hydroxyl groups excluding tert-OH is 1. The van der Waals surface area contributed by atoms with Gasteiger partial charge in [0, 0.05) is 6.61 Å². The fourth-order valence-electron chi connectivity index (χ4n) is 1.19. The first-order valence-electron chi connectivity index (χ1n) is 4.81. The highest BCUT2D eigenvalue weighted by atomic mass is 28.3. The van der Waals surface area contributed by atoms with Gasteiger partial charge >= 0.3 is 0 Å². The van der Waals surface area contributed by atoms with E-state index in [1.165, 1.54) is 0 Å². The van der Waals surface area contributed by atoms with E-state index in [0.29, 0.717) is 0 Å². The highest BCUT2D eigenvalue weighted by molar-refractivity contribution is 6.83. The molecule has 13 heavy (non-hydrogen) atoms. The van der Waals surface area contributed by atoms with E-state index in [9.17, 15) is 5.11 Å². The van der Waals surface area contributed by atoms with Gasteiger partial charge in [-0.1, -0.05) is 25.6 Å². The highest BCUT2D eigenvalue weighted by Gasteiger charge is 2.22. The Labute approximate surface area is 81.3 Å². The van der Waals surface area contributed by atoms with E-state index in [0.717, 1.165) is 19.4 Å². The van der Waals surface area contributed by atoms with Crippen molar-refractivity contribution in [1.29, 1.82) is 0 Å². The zero-order valence-electron chi connectivity index (χ0n) is 8.63. The molecule has 0 aliphatic carbocycles. The summed E-state index contributed by atoms with van der Waals surface area (Å²) in [5, 5.41) is 9.55. The van der Waals surface area contributed by atoms with Gasteiger partial charge in [0.2, 0.25) is 0 Å². The lowest BCUT2D eigenvalue weighted by Gasteiger charge is -2.24. The summed E-state index contributed by atoms with van der Waals surface area (Å²) in [6.45, 7) is 7.31. The molecule has 1 fully saturated rings. The van der Waals surface area contributed by atoms with Crippen molar-refractivity contribution in [2.75, 3.05) is 6.61 Å². The van der Waals surface area contributed by atoms with Crippen molar-refractivity contribution in [3.8, 4) is 11.5 Å². The minimum absolute atomic E-state index is 0.236. The fourth-order valence-corrected chi connectivity index (χ4v) is 1.77. The van der Waals surface area contributed by atoms with Gasteiger partial charge in [-0.2, -0.15) is 0 Å². The molecule has 0 saturated carbocycles. The molecule has 0 aromatic carbocycles. The average molecular weight is 198 g/mol. The average Bonchev–Trinajstić information content (AvgIpc) is 2.01. The van der Waals surface area contributed by atoms with Gasteiger partial charge in [0.1, 0.15) is 14.2 Å². The largest absolute Gasteiger partial charge is 0.389 e. The molecule has 74 valence electrons. The molecule has 2 nitrogen and oxygen atoms in total. The maximum Gasteiger partial charge on any atom is 0.143 e. The molecule has 0 aromatic rings. The smallest absolute Gasteiger partial charge is 0.143 e. The Kier molecular flexibility index (Phi) is 3.54. The molecule has 1 aliphatic heterocycles. The van der Waals surface area contributed by atoms with Crippen molar-refractivity contribution in [1.82, 2.24) is 0 Å². The monoisotopic (exact) mass is 198 g/mol. The standard InChI is InChI=1S/C10H18O2Si/c1-13(2,3)8-6-10-9(11)5-4-7-12-10/h9-11H,4-5,7H2,1-3H3. The van der Waals surface area contributed by atoms with Crippen LogP contribution in [-0.4, -0.2) is 32.0 Å². The van der Waals surface area contributed by atoms with Crippen LogP contribution in [0.2, 0.25) is 19.6 Å². The van der Waals surface area contributed by atoms with Gasteiger partial charge in [-0.05, 0) is 12.8 Å². The first-order valence-corrected chi connectivity index (χ1v) is 8.31. The van der Waals surface area contributed by atoms with Crippen LogP contribution < -0.4 is 0 Å². The van der Waals surface area contributed by atoms with Gasteiger partial charge in [-0.3, -0.25) is 0 Å². The zero-order valence-corrected chi connectivity index (χ0v) is 9.63. The summed E-state index contributed by atoms with van der Waals surface area (Å²) in [5.41, 5.74) is 3.23. The third-order valence-electron chi connectivity index (χ3n) is 1.88. The van der Waals surface area contributed by atoms with E-state index in [1.807, 2.05) is 0 Å². The van der Waals surface area contributed by atoms with Gasteiger partial charge in [-0.15, -0.1) is 5.54 Å². The van der Waals surface area contributed by atoms with Crippen LogP contribution in [-0.2, 0) is 4.74 Å². The molecular weight excluding hydrogens is 180 g/mol. The molecule has 1 saturated heterocycles. The topological polar surface area (TPSA) is 29.5 Å². The minimum Gasteiger partial charge on any atom is -0.389 e. The van der Waals surface area contributed by atoms with Crippen molar-refractivity contribution >= 4 is 8.07 Å². The Hall–Kier alpha value is -0.303. The molecule has 0 radical (unpaired) electrons. The number of ether oxygens (including phenoxy) is 1. The van der Waals surface area contributed by atoms with Crippen LogP contribution in [0.1, 0.15) is 12.8 Å². The second-order valence-electron chi connectivity index (χ2n) is 4.52. The summed E-state index contributed by atoms with van der Waals surface area (Å²) in [5.74, 6) is 3.05. The van der Waals surface area contributed by atoms with Crippen molar-refractivity contribution in [2.45, 2.75) is 44.7 Å². The van der Waals surface area contributed by atoms with Crippen LogP contribution in [0.25, 0.3) is 0 Å². The predicted octanol–water partition coefficient (Wildman–Crippen LogP) is 1.41. The van der Waals surface area contributed by atoms with Crippen LogP contribution in [0.3, 0.4) is 0 Å². The summed E-state index contributed by atoms with van der Waals surface area (Å²) in [6, 6.07) is 0. The van der Waals surface area contributed by atoms with Gasteiger partial charge in [-0.25, -0.2) is 0 Å². The number of rotatable bonds is 0. The van der Waals surface area contributed by atoms with Crippen LogP contribution in [0.4, 0.5) is 0 Å². The molecular formula is C10H18O2Si. The van der Waals surface area contributed by atoms with Crippen LogP contribution in [0, 0.1) is 11.5 Å². The molecule has 2 unspecified atom stereocenters. The minimum atomic E-state index is -1.32. The summed E-state index contributed by atoms with van der Waals surface area (Å²) >= 11 is 0. The second-order valence-corrected chi connectivity index (χ2v) is 9.27. The van der Waals surface area contributed by atoms with E-state index in [-0.39, 0.29) is 12.2 Å². The van der Waals surface area contributed by atoms with Gasteiger partial charge in [0.15, 0.2) is 0 Å². The quantitative estimate of drug-likeness (QED) is 0.471. The van der Waals surface area contributed by atoms with E-state index >= 15 is 0 Å². The maximum atomic E-state index is 9.55. The summed E-state index contributed by atoms with van der Waals surface area (Å²) < 4.78 is 5.38. The van der Waals surface area contributed by atoms with Crippen molar-refractivity contribution < 1.29 is 9.84 Å². The fraction of sp³-hybridized carbons (Fsp3) is 0.800. The number of aliphatic hydroxyl groups is 1. The van der Waals surface area contributed by atoms with Gasteiger partial charge in [0.25, 0.3) is 0 Å². The van der Waals surface area contributed by atoms with Crippen LogP contribution >= 0.6 is 0 Å². The molecule has 0 aromatic heterocycles. The Morgan fingerprint density at radius 2 is 2.08 bits per heavy atom. The zero-order chi connectivity index (χ0) is 9.90. The van der Waals surface area contributed by atoms with Crippen molar-refractivity contribution in [3.63, 3.8) is 0 Å². The second kappa shape index (κ2) is 4.27. The normalized spacial score (nSPS) is 29.2. The number of hydrogen-bond donors (Lipinski definition) is 1. The molecule has 0 spiro atoms. The summed E-state index contributed by atoms with van der Waals surface area (Å²) in [6.07, 6.45) is 1.16. The molecule has 1 aliphatic rings. The van der Waals surface area contributed by atoms with Gasteiger partial charge < -0.3 is 9.84 Å². The molecule has 1 heterocycles. The lowest BCUT2D eigenvalue weighted by Crippen LogP contribution is -2.33. The van der Waals surface area contributed by atoms with E-state index in [2.05, 4.69) is 31.1 Å². The van der Waals surface area contributed by atoms with Gasteiger partial charge in [0.05, 0.1) is 6.10 Å². The summed E-state index contributed by atoms with van der Waals surface area (Å²) in [7, 11) is -1.32. The van der Waals surface area contributed by atoms with E-state index < -0.39 is 8.07 Å². The highest BCUT2D eigenvalue weighted by Crippen LogP contribution is 2.13. The summed E-state index contributed by atoms with van der Waals surface area (Å²) in [4.78, 5) is 0. The van der Waals surface area contributed by atoms with Crippen LogP contribution in [0.15, 0.2) is 0 Å². The first kappa shape index (κ1) is 10.8. The lowest BCUT2D eigenvalue weighted by molar-refractivity contribution is -0.0433. The predicted molar refractivity (Wildman–Crippen MR) is 56.1 cm³/mol. The molecule has 1 N–H and O–H groups in total. The third-order valence-corrected chi connectivity index (χ3v) is 2.77. The van der Waals surface area contributed by atoms with Crippen molar-refractivity contribution in [2.24, 2.45) is 0 Å².